The summed E-state index contributed by atoms with van der Waals surface area (Å²) in [5.74, 6) is 0. The predicted molar refractivity (Wildman–Crippen MR) is 294 cm³/mol. The summed E-state index contributed by atoms with van der Waals surface area (Å²) in [4.78, 5) is 2.46. The van der Waals surface area contributed by atoms with E-state index in [1.807, 2.05) is 0 Å². The molecule has 3 heteroatoms. The highest BCUT2D eigenvalue weighted by molar-refractivity contribution is 6.14. The van der Waals surface area contributed by atoms with Crippen LogP contribution >= 0.6 is 0 Å². The molecule has 0 saturated heterocycles. The Kier molecular flexibility index (Phi) is 8.93. The molecule has 2 heterocycles. The summed E-state index contributed by atoms with van der Waals surface area (Å²) in [6.07, 6.45) is 0. The van der Waals surface area contributed by atoms with Crippen LogP contribution in [0, 0.1) is 0 Å². The molecule has 1 aliphatic carbocycles. The van der Waals surface area contributed by atoms with Crippen molar-refractivity contribution in [3.05, 3.63) is 254 Å². The summed E-state index contributed by atoms with van der Waals surface area (Å²) in [5.41, 5.74) is 20.5. The van der Waals surface area contributed by atoms with Gasteiger partial charge < -0.3 is 13.9 Å². The van der Waals surface area contributed by atoms with Crippen LogP contribution in [-0.2, 0) is 5.41 Å². The Morgan fingerprint density at radius 1 is 0.371 bits per heavy atom. The average Bonchev–Trinajstić information content (AvgIpc) is 4.04. The Balaban J connectivity index is 1.01. The third-order valence-corrected chi connectivity index (χ3v) is 15.0. The molecule has 0 saturated carbocycles. The van der Waals surface area contributed by atoms with E-state index in [0.717, 1.165) is 72.4 Å². The van der Waals surface area contributed by atoms with Crippen LogP contribution in [0.3, 0.4) is 0 Å². The molecule has 0 fully saturated rings. The molecule has 70 heavy (non-hydrogen) atoms. The lowest BCUT2D eigenvalue weighted by atomic mass is 9.81. The van der Waals surface area contributed by atoms with Crippen molar-refractivity contribution in [1.29, 1.82) is 0 Å². The summed E-state index contributed by atoms with van der Waals surface area (Å²) in [5, 5.41) is 7.02. The zero-order chi connectivity index (χ0) is 46.5. The number of aromatic nitrogens is 1. The van der Waals surface area contributed by atoms with E-state index in [0.29, 0.717) is 0 Å². The molecular weight excluding hydrogens is 849 g/mol. The van der Waals surface area contributed by atoms with Gasteiger partial charge in [-0.25, -0.2) is 0 Å². The fourth-order valence-corrected chi connectivity index (χ4v) is 11.7. The second-order valence-corrected chi connectivity index (χ2v) is 19.2. The average molecular weight is 895 g/mol. The first-order valence-corrected chi connectivity index (χ1v) is 24.2. The molecule has 1 aliphatic rings. The molecule has 0 radical (unpaired) electrons. The Labute approximate surface area is 406 Å². The maximum atomic E-state index is 6.98. The lowest BCUT2D eigenvalue weighted by Crippen LogP contribution is -2.14. The molecule has 11 aromatic carbocycles. The van der Waals surface area contributed by atoms with Gasteiger partial charge in [0.25, 0.3) is 0 Å². The number of fused-ring (bicyclic) bond motifs is 10. The number of nitrogens with zero attached hydrogens (tertiary/aromatic N) is 2. The van der Waals surface area contributed by atoms with Crippen molar-refractivity contribution in [2.24, 2.45) is 0 Å². The topological polar surface area (TPSA) is 21.3 Å². The van der Waals surface area contributed by atoms with E-state index in [-0.39, 0.29) is 5.41 Å². The monoisotopic (exact) mass is 894 g/mol. The van der Waals surface area contributed by atoms with Crippen LogP contribution in [0.25, 0.3) is 105 Å². The van der Waals surface area contributed by atoms with E-state index in [4.69, 9.17) is 4.42 Å². The molecule has 0 atom stereocenters. The molecule has 2 aromatic heterocycles. The number of furan rings is 1. The molecular formula is C67H46N2O. The minimum Gasteiger partial charge on any atom is -0.455 e. The molecule has 0 spiro atoms. The van der Waals surface area contributed by atoms with Crippen molar-refractivity contribution in [2.75, 3.05) is 4.90 Å². The number of anilines is 3. The number of benzene rings is 11. The van der Waals surface area contributed by atoms with Crippen molar-refractivity contribution >= 4 is 71.6 Å². The number of rotatable bonds is 7. The highest BCUT2D eigenvalue weighted by Gasteiger charge is 2.35. The molecule has 0 bridgehead atoms. The van der Waals surface area contributed by atoms with Crippen LogP contribution in [0.1, 0.15) is 25.0 Å². The highest BCUT2D eigenvalue weighted by Crippen LogP contribution is 2.51. The minimum atomic E-state index is -0.0855. The van der Waals surface area contributed by atoms with Gasteiger partial charge in [0.15, 0.2) is 0 Å². The van der Waals surface area contributed by atoms with Crippen LogP contribution in [0.15, 0.2) is 247 Å². The summed E-state index contributed by atoms with van der Waals surface area (Å²) in [6, 6.07) is 88.7. The van der Waals surface area contributed by atoms with Gasteiger partial charge in [0, 0.05) is 55.0 Å². The summed E-state index contributed by atoms with van der Waals surface area (Å²) in [7, 11) is 0. The Morgan fingerprint density at radius 2 is 0.957 bits per heavy atom. The number of hydrogen-bond donors (Lipinski definition) is 0. The first-order valence-electron chi connectivity index (χ1n) is 24.2. The molecule has 0 unspecified atom stereocenters. The summed E-state index contributed by atoms with van der Waals surface area (Å²) < 4.78 is 9.40. The summed E-state index contributed by atoms with van der Waals surface area (Å²) >= 11 is 0. The van der Waals surface area contributed by atoms with Gasteiger partial charge in [0.1, 0.15) is 11.2 Å². The molecule has 330 valence electrons. The maximum absolute atomic E-state index is 6.98. The lowest BCUT2D eigenvalue weighted by Gasteiger charge is -2.29. The third-order valence-electron chi connectivity index (χ3n) is 15.0. The zero-order valence-electron chi connectivity index (χ0n) is 38.9. The maximum Gasteiger partial charge on any atom is 0.143 e. The Morgan fingerprint density at radius 3 is 1.76 bits per heavy atom. The van der Waals surface area contributed by atoms with Crippen LogP contribution in [-0.4, -0.2) is 4.57 Å². The minimum absolute atomic E-state index is 0.0855. The number of para-hydroxylation sites is 5. The molecule has 13 aromatic rings. The van der Waals surface area contributed by atoms with Gasteiger partial charge in [-0.15, -0.1) is 0 Å². The fourth-order valence-electron chi connectivity index (χ4n) is 11.7. The quantitative estimate of drug-likeness (QED) is 0.159. The molecule has 0 aliphatic heterocycles. The lowest BCUT2D eigenvalue weighted by molar-refractivity contribution is 0.660. The van der Waals surface area contributed by atoms with Gasteiger partial charge in [-0.2, -0.15) is 0 Å². The van der Waals surface area contributed by atoms with Gasteiger partial charge >= 0.3 is 0 Å². The second kappa shape index (κ2) is 15.6. The smallest absolute Gasteiger partial charge is 0.143 e. The van der Waals surface area contributed by atoms with Crippen molar-refractivity contribution in [3.63, 3.8) is 0 Å². The van der Waals surface area contributed by atoms with Crippen molar-refractivity contribution in [2.45, 2.75) is 19.3 Å². The first kappa shape index (κ1) is 40.2. The van der Waals surface area contributed by atoms with Gasteiger partial charge in [0.2, 0.25) is 0 Å². The van der Waals surface area contributed by atoms with Crippen LogP contribution in [0.5, 0.6) is 0 Å². The normalized spacial score (nSPS) is 12.8. The van der Waals surface area contributed by atoms with Crippen LogP contribution in [0.4, 0.5) is 17.1 Å². The predicted octanol–water partition coefficient (Wildman–Crippen LogP) is 18.6. The largest absolute Gasteiger partial charge is 0.455 e. The SMILES string of the molecule is CC1(C)c2ccccc2-c2ccc(-c3ccc(N(c4cc(-c5ccccc5-n5c6ccccc6c6ccccc65)c5oc6ccccc6c5c4)c4ccccc4-c4cccc5ccccc45)cc3)cc21. The van der Waals surface area contributed by atoms with E-state index in [1.165, 1.54) is 60.5 Å². The molecule has 0 amide bonds. The van der Waals surface area contributed by atoms with Gasteiger partial charge in [-0.3, -0.25) is 0 Å². The molecule has 14 rings (SSSR count). The fraction of sp³-hybridized carbons (Fsp3) is 0.0448. The van der Waals surface area contributed by atoms with Crippen LogP contribution < -0.4 is 4.90 Å². The van der Waals surface area contributed by atoms with Crippen LogP contribution in [0.2, 0.25) is 0 Å². The van der Waals surface area contributed by atoms with Crippen molar-refractivity contribution in [1.82, 2.24) is 4.57 Å². The first-order chi connectivity index (χ1) is 34.5. The Bertz CT molecular complexity index is 4170. The van der Waals surface area contributed by atoms with E-state index >= 15 is 0 Å². The van der Waals surface area contributed by atoms with Crippen molar-refractivity contribution < 1.29 is 4.42 Å². The third kappa shape index (κ3) is 6.08. The number of hydrogen-bond acceptors (Lipinski definition) is 2. The van der Waals surface area contributed by atoms with E-state index < -0.39 is 0 Å². The zero-order valence-corrected chi connectivity index (χ0v) is 38.9. The van der Waals surface area contributed by atoms with Gasteiger partial charge in [0.05, 0.1) is 22.4 Å². The van der Waals surface area contributed by atoms with E-state index in [1.54, 1.807) is 0 Å². The van der Waals surface area contributed by atoms with E-state index in [9.17, 15) is 0 Å². The Hall–Kier alpha value is -8.92. The van der Waals surface area contributed by atoms with Crippen molar-refractivity contribution in [3.8, 4) is 50.2 Å². The molecule has 0 N–H and O–H groups in total. The van der Waals surface area contributed by atoms with Gasteiger partial charge in [-0.1, -0.05) is 196 Å². The van der Waals surface area contributed by atoms with Gasteiger partial charge in [-0.05, 0) is 110 Å². The molecule has 3 nitrogen and oxygen atoms in total. The highest BCUT2D eigenvalue weighted by atomic mass is 16.3. The second-order valence-electron chi connectivity index (χ2n) is 19.2. The summed E-state index contributed by atoms with van der Waals surface area (Å²) in [6.45, 7) is 4.71. The standard InChI is InChI=1S/C67H46N2O/c1-67(2)59-28-11-5-21-50(59)51-39-36-45(40-60(51)67)43-34-37-46(38-35-43)68(61-29-12-6-22-52(61)49-27-17-19-44-18-3-4-20-48(44)49)47-41-57(66-58(42-47)56-26-10-16-33-65(56)70-66)55-25-9-15-32-64(55)69-62-30-13-7-23-53(62)54-24-8-14-31-63(54)69/h3-42H,1-2H3. The van der Waals surface area contributed by atoms with E-state index in [2.05, 4.69) is 266 Å².